The number of benzene rings is 2. The number of amides is 1. The van der Waals surface area contributed by atoms with Gasteiger partial charge >= 0.3 is 0 Å². The van der Waals surface area contributed by atoms with Crippen molar-refractivity contribution in [3.63, 3.8) is 0 Å². The van der Waals surface area contributed by atoms with Crippen molar-refractivity contribution in [2.75, 3.05) is 18.4 Å². The number of rotatable bonds is 5. The lowest BCUT2D eigenvalue weighted by molar-refractivity contribution is 0.0715. The summed E-state index contributed by atoms with van der Waals surface area (Å²) in [6.07, 6.45) is 1.89. The maximum Gasteiger partial charge on any atom is 0.253 e. The minimum Gasteiger partial charge on any atom is -0.380 e. The molecule has 1 fully saturated rings. The monoisotopic (exact) mass is 406 g/mol. The van der Waals surface area contributed by atoms with Crippen LogP contribution in [0.2, 0.25) is 0 Å². The first-order valence-electron chi connectivity index (χ1n) is 10.4. The Morgan fingerprint density at radius 1 is 1.17 bits per heavy atom. The number of aryl methyl sites for hydroxylation is 2. The van der Waals surface area contributed by atoms with Crippen molar-refractivity contribution in [2.24, 2.45) is 0 Å². The Bertz CT molecular complexity index is 1030. The van der Waals surface area contributed by atoms with Gasteiger partial charge in [-0.05, 0) is 68.7 Å². The number of carbonyl (C=O) groups is 1. The minimum atomic E-state index is -0.260. The van der Waals surface area contributed by atoms with E-state index in [9.17, 15) is 9.18 Å². The van der Waals surface area contributed by atoms with Gasteiger partial charge in [0.1, 0.15) is 5.82 Å². The van der Waals surface area contributed by atoms with Gasteiger partial charge in [0.25, 0.3) is 5.91 Å². The molecule has 0 saturated carbocycles. The van der Waals surface area contributed by atoms with Gasteiger partial charge in [0.15, 0.2) is 0 Å². The van der Waals surface area contributed by atoms with E-state index >= 15 is 0 Å². The number of nitrogens with one attached hydrogen (secondary N) is 1. The lowest BCUT2D eigenvalue weighted by atomic mass is 10.0. The highest BCUT2D eigenvalue weighted by molar-refractivity contribution is 5.94. The zero-order valence-corrected chi connectivity index (χ0v) is 17.4. The average molecular weight is 407 g/mol. The summed E-state index contributed by atoms with van der Waals surface area (Å²) < 4.78 is 15.4. The number of halogens is 1. The summed E-state index contributed by atoms with van der Waals surface area (Å²) in [5.74, 6) is -0.220. The third kappa shape index (κ3) is 4.70. The van der Waals surface area contributed by atoms with Crippen molar-refractivity contribution < 1.29 is 9.18 Å². The first-order chi connectivity index (χ1) is 14.5. The number of nitrogens with zero attached hydrogens (tertiary/aromatic N) is 3. The highest BCUT2D eigenvalue weighted by atomic mass is 19.1. The van der Waals surface area contributed by atoms with Crippen molar-refractivity contribution in [2.45, 2.75) is 39.3 Å². The van der Waals surface area contributed by atoms with Crippen molar-refractivity contribution in [3.05, 3.63) is 82.9 Å². The van der Waals surface area contributed by atoms with E-state index in [0.29, 0.717) is 18.7 Å². The molecule has 3 aromatic rings. The number of aromatic nitrogens is 2. The Labute approximate surface area is 176 Å². The van der Waals surface area contributed by atoms with Crippen LogP contribution in [0.1, 0.15) is 40.2 Å². The lowest BCUT2D eigenvalue weighted by Gasteiger charge is -2.33. The third-order valence-electron chi connectivity index (χ3n) is 5.54. The van der Waals surface area contributed by atoms with Crippen LogP contribution in [0.25, 0.3) is 0 Å². The van der Waals surface area contributed by atoms with Gasteiger partial charge in [0.2, 0.25) is 0 Å². The van der Waals surface area contributed by atoms with Gasteiger partial charge in [0.05, 0.1) is 12.2 Å². The van der Waals surface area contributed by atoms with Crippen LogP contribution in [0.15, 0.2) is 54.6 Å². The number of anilines is 1. The standard InChI is InChI=1S/C24H27FN4O/c1-17-13-18(2)29(27-17)15-19-8-10-20(11-9-19)24(30)28-12-4-7-23(16-28)26-22-6-3-5-21(25)14-22/h3,5-6,8-11,13-14,23,26H,4,7,12,15-16H2,1-2H3. The molecule has 2 aromatic carbocycles. The van der Waals surface area contributed by atoms with E-state index in [1.807, 2.05) is 53.8 Å². The van der Waals surface area contributed by atoms with Crippen LogP contribution in [-0.2, 0) is 6.54 Å². The van der Waals surface area contributed by atoms with Gasteiger partial charge in [0, 0.05) is 36.1 Å². The van der Waals surface area contributed by atoms with Crippen molar-refractivity contribution in [3.8, 4) is 0 Å². The fourth-order valence-corrected chi connectivity index (χ4v) is 4.04. The Morgan fingerprint density at radius 3 is 2.67 bits per heavy atom. The number of hydrogen-bond donors (Lipinski definition) is 1. The van der Waals surface area contributed by atoms with Gasteiger partial charge in [-0.15, -0.1) is 0 Å². The summed E-state index contributed by atoms with van der Waals surface area (Å²) in [5, 5.41) is 7.85. The second kappa shape index (κ2) is 8.69. The summed E-state index contributed by atoms with van der Waals surface area (Å²) in [7, 11) is 0. The molecular formula is C24H27FN4O. The van der Waals surface area contributed by atoms with E-state index in [-0.39, 0.29) is 17.8 Å². The van der Waals surface area contributed by atoms with Crippen molar-refractivity contribution in [1.29, 1.82) is 0 Å². The highest BCUT2D eigenvalue weighted by Crippen LogP contribution is 2.19. The second-order valence-corrected chi connectivity index (χ2v) is 8.03. The van der Waals surface area contributed by atoms with Crippen LogP contribution in [0.3, 0.4) is 0 Å². The quantitative estimate of drug-likeness (QED) is 0.683. The number of carbonyl (C=O) groups excluding carboxylic acids is 1. The summed E-state index contributed by atoms with van der Waals surface area (Å²) in [4.78, 5) is 14.9. The Balaban J connectivity index is 1.39. The SMILES string of the molecule is Cc1cc(C)n(Cc2ccc(C(=O)N3CCCC(Nc4cccc(F)c4)C3)cc2)n1. The average Bonchev–Trinajstić information content (AvgIpc) is 3.05. The molecule has 156 valence electrons. The molecule has 1 atom stereocenters. The van der Waals surface area contributed by atoms with Crippen LogP contribution in [0, 0.1) is 19.7 Å². The maximum atomic E-state index is 13.4. The van der Waals surface area contributed by atoms with E-state index in [2.05, 4.69) is 16.5 Å². The van der Waals surface area contributed by atoms with Gasteiger partial charge in [-0.1, -0.05) is 18.2 Å². The molecule has 6 heteroatoms. The van der Waals surface area contributed by atoms with E-state index in [1.54, 1.807) is 6.07 Å². The fraction of sp³-hybridized carbons (Fsp3) is 0.333. The molecule has 2 heterocycles. The third-order valence-corrected chi connectivity index (χ3v) is 5.54. The van der Waals surface area contributed by atoms with Crippen LogP contribution in [0.5, 0.6) is 0 Å². The Hall–Kier alpha value is -3.15. The summed E-state index contributed by atoms with van der Waals surface area (Å²) in [6, 6.07) is 16.4. The zero-order valence-electron chi connectivity index (χ0n) is 17.4. The lowest BCUT2D eigenvalue weighted by Crippen LogP contribution is -2.45. The van der Waals surface area contributed by atoms with Crippen LogP contribution in [0.4, 0.5) is 10.1 Å². The molecule has 1 saturated heterocycles. The second-order valence-electron chi connectivity index (χ2n) is 8.03. The maximum absolute atomic E-state index is 13.4. The first kappa shape index (κ1) is 20.1. The van der Waals surface area contributed by atoms with Crippen molar-refractivity contribution in [1.82, 2.24) is 14.7 Å². The van der Waals surface area contributed by atoms with E-state index < -0.39 is 0 Å². The topological polar surface area (TPSA) is 50.2 Å². The molecule has 0 aliphatic carbocycles. The largest absolute Gasteiger partial charge is 0.380 e. The normalized spacial score (nSPS) is 16.5. The van der Waals surface area contributed by atoms with Crippen molar-refractivity contribution >= 4 is 11.6 Å². The Kier molecular flexibility index (Phi) is 5.84. The van der Waals surface area contributed by atoms with Gasteiger partial charge < -0.3 is 10.2 Å². The number of likely N-dealkylation sites (tertiary alicyclic amines) is 1. The van der Waals surface area contributed by atoms with Crippen LogP contribution < -0.4 is 5.32 Å². The van der Waals surface area contributed by atoms with Gasteiger partial charge in [-0.3, -0.25) is 9.48 Å². The zero-order chi connectivity index (χ0) is 21.1. The first-order valence-corrected chi connectivity index (χ1v) is 10.4. The molecule has 5 nitrogen and oxygen atoms in total. The van der Waals surface area contributed by atoms with E-state index in [0.717, 1.165) is 42.0 Å². The molecule has 1 aliphatic heterocycles. The molecule has 1 aromatic heterocycles. The molecule has 30 heavy (non-hydrogen) atoms. The van der Waals surface area contributed by atoms with E-state index in [4.69, 9.17) is 0 Å². The summed E-state index contributed by atoms with van der Waals surface area (Å²) in [6.45, 7) is 6.08. The molecule has 1 amide bonds. The molecule has 1 unspecified atom stereocenters. The molecule has 1 aliphatic rings. The molecule has 0 spiro atoms. The van der Waals surface area contributed by atoms with Gasteiger partial charge in [-0.25, -0.2) is 4.39 Å². The summed E-state index contributed by atoms with van der Waals surface area (Å²) in [5.41, 5.74) is 4.69. The smallest absolute Gasteiger partial charge is 0.253 e. The predicted octanol–water partition coefficient (Wildman–Crippen LogP) is 4.40. The summed E-state index contributed by atoms with van der Waals surface area (Å²) >= 11 is 0. The molecule has 4 rings (SSSR count). The number of piperidine rings is 1. The molecule has 0 radical (unpaired) electrons. The predicted molar refractivity (Wildman–Crippen MR) is 116 cm³/mol. The molecular weight excluding hydrogens is 379 g/mol. The highest BCUT2D eigenvalue weighted by Gasteiger charge is 2.24. The fourth-order valence-electron chi connectivity index (χ4n) is 4.04. The minimum absolute atomic E-state index is 0.0402. The Morgan fingerprint density at radius 2 is 1.97 bits per heavy atom. The number of hydrogen-bond acceptors (Lipinski definition) is 3. The van der Waals surface area contributed by atoms with Gasteiger partial charge in [-0.2, -0.15) is 5.10 Å². The molecule has 1 N–H and O–H groups in total. The van der Waals surface area contributed by atoms with Crippen LogP contribution >= 0.6 is 0 Å². The van der Waals surface area contributed by atoms with Crippen LogP contribution in [-0.4, -0.2) is 39.7 Å². The van der Waals surface area contributed by atoms with E-state index in [1.165, 1.54) is 12.1 Å². The molecule has 0 bridgehead atoms.